The molecule has 0 spiro atoms. The number of esters is 1. The second kappa shape index (κ2) is 8.34. The molecule has 7 nitrogen and oxygen atoms in total. The Bertz CT molecular complexity index is 960. The molecule has 0 amide bonds. The minimum atomic E-state index is -1.34. The van der Waals surface area contributed by atoms with Gasteiger partial charge in [0.15, 0.2) is 11.5 Å². The van der Waals surface area contributed by atoms with Crippen molar-refractivity contribution in [2.24, 2.45) is 10.7 Å². The van der Waals surface area contributed by atoms with Crippen LogP contribution in [0.25, 0.3) is 0 Å². The molecule has 3 rings (SSSR count). The van der Waals surface area contributed by atoms with Crippen molar-refractivity contribution in [1.82, 2.24) is 0 Å². The molecule has 1 aromatic carbocycles. The summed E-state index contributed by atoms with van der Waals surface area (Å²) in [4.78, 5) is 17.0. The summed E-state index contributed by atoms with van der Waals surface area (Å²) in [6.45, 7) is 7.43. The number of aliphatic hydroxyl groups is 1. The van der Waals surface area contributed by atoms with E-state index in [1.54, 1.807) is 58.0 Å². The zero-order valence-corrected chi connectivity index (χ0v) is 17.6. The lowest BCUT2D eigenvalue weighted by molar-refractivity contribution is -0.137. The van der Waals surface area contributed by atoms with Gasteiger partial charge in [0.25, 0.3) is 0 Å². The molecule has 1 unspecified atom stereocenters. The Labute approximate surface area is 173 Å². The number of carbonyl (C=O) groups is 1. The normalized spacial score (nSPS) is 21.1. The molecule has 3 N–H and O–H groups in total. The number of fused-ring (bicyclic) bond motifs is 1. The molecule has 0 bridgehead atoms. The highest BCUT2D eigenvalue weighted by Gasteiger charge is 2.34. The van der Waals surface area contributed by atoms with Crippen LogP contribution in [0, 0.1) is 0 Å². The van der Waals surface area contributed by atoms with Crippen molar-refractivity contribution in [1.29, 1.82) is 0 Å². The molecular formula is C21H24N2O5S. The molecule has 0 fully saturated rings. The number of benzene rings is 1. The Morgan fingerprint density at radius 2 is 2.14 bits per heavy atom. The smallest absolute Gasteiger partial charge is 0.345 e. The van der Waals surface area contributed by atoms with Gasteiger partial charge in [-0.1, -0.05) is 17.8 Å². The van der Waals surface area contributed by atoms with Crippen LogP contribution in [-0.2, 0) is 15.1 Å². The Morgan fingerprint density at radius 1 is 1.41 bits per heavy atom. The van der Waals surface area contributed by atoms with Gasteiger partial charge in [-0.15, -0.1) is 0 Å². The van der Waals surface area contributed by atoms with Crippen LogP contribution in [0.4, 0.5) is 0 Å². The summed E-state index contributed by atoms with van der Waals surface area (Å²) >= 11 is 1.17. The van der Waals surface area contributed by atoms with Gasteiger partial charge in [-0.2, -0.15) is 0 Å². The maximum Gasteiger partial charge on any atom is 0.345 e. The molecule has 154 valence electrons. The average molecular weight is 416 g/mol. The summed E-state index contributed by atoms with van der Waals surface area (Å²) in [5, 5.41) is 11.9. The standard InChI is InChI=1S/C21H24N2O5S/c1-5-18(22)23-19-14(10-17(29-19)20(24)26-6-2)12(3)21(4,25)13-7-8-15-16(9-13)28-11-27-15/h5,7-10,25H,6,11,22H2,1-4H3/b14-12+,18-5?,23-19+. The largest absolute Gasteiger partial charge is 0.462 e. The number of aliphatic imine (C=N–C) groups is 1. The van der Waals surface area contributed by atoms with Crippen LogP contribution in [0.1, 0.15) is 33.3 Å². The van der Waals surface area contributed by atoms with Crippen molar-refractivity contribution in [3.05, 3.63) is 57.8 Å². The first-order chi connectivity index (χ1) is 13.8. The highest BCUT2D eigenvalue weighted by molar-refractivity contribution is 8.18. The van der Waals surface area contributed by atoms with Crippen LogP contribution in [0.15, 0.2) is 57.2 Å². The lowest BCUT2D eigenvalue weighted by atomic mass is 9.85. The number of nitrogens with zero attached hydrogens (tertiary/aromatic N) is 1. The van der Waals surface area contributed by atoms with Gasteiger partial charge < -0.3 is 25.1 Å². The van der Waals surface area contributed by atoms with Gasteiger partial charge in [0.2, 0.25) is 6.79 Å². The van der Waals surface area contributed by atoms with Gasteiger partial charge in [0.05, 0.1) is 11.5 Å². The zero-order chi connectivity index (χ0) is 21.2. The Kier molecular flexibility index (Phi) is 6.04. The molecule has 2 heterocycles. The molecule has 0 saturated carbocycles. The van der Waals surface area contributed by atoms with E-state index in [9.17, 15) is 9.90 Å². The first kappa shape index (κ1) is 21.0. The van der Waals surface area contributed by atoms with Crippen LogP contribution in [0.3, 0.4) is 0 Å². The highest BCUT2D eigenvalue weighted by Crippen LogP contribution is 2.42. The molecule has 1 atom stereocenters. The van der Waals surface area contributed by atoms with Crippen molar-refractivity contribution < 1.29 is 24.1 Å². The lowest BCUT2D eigenvalue weighted by Crippen LogP contribution is -2.24. The van der Waals surface area contributed by atoms with E-state index in [4.69, 9.17) is 19.9 Å². The average Bonchev–Trinajstić information content (AvgIpc) is 3.33. The van der Waals surface area contributed by atoms with E-state index < -0.39 is 11.6 Å². The second-order valence-electron chi connectivity index (χ2n) is 6.64. The van der Waals surface area contributed by atoms with Gasteiger partial charge in [-0.25, -0.2) is 9.79 Å². The van der Waals surface area contributed by atoms with Crippen molar-refractivity contribution in [2.75, 3.05) is 13.4 Å². The number of allylic oxidation sites excluding steroid dienone is 2. The van der Waals surface area contributed by atoms with Crippen LogP contribution in [-0.4, -0.2) is 29.5 Å². The summed E-state index contributed by atoms with van der Waals surface area (Å²) in [7, 11) is 0. The van der Waals surface area contributed by atoms with Gasteiger partial charge in [0.1, 0.15) is 16.5 Å². The van der Waals surface area contributed by atoms with E-state index in [1.807, 2.05) is 0 Å². The summed E-state index contributed by atoms with van der Waals surface area (Å²) in [6.07, 6.45) is 3.35. The van der Waals surface area contributed by atoms with Crippen LogP contribution in [0.2, 0.25) is 0 Å². The minimum absolute atomic E-state index is 0.155. The molecule has 2 aliphatic rings. The maximum atomic E-state index is 12.2. The molecular weight excluding hydrogens is 392 g/mol. The molecule has 0 aliphatic carbocycles. The summed E-state index contributed by atoms with van der Waals surface area (Å²) in [5.41, 5.74) is 6.42. The predicted molar refractivity (Wildman–Crippen MR) is 113 cm³/mol. The minimum Gasteiger partial charge on any atom is -0.462 e. The van der Waals surface area contributed by atoms with Crippen LogP contribution in [0.5, 0.6) is 11.5 Å². The number of hydrogen-bond acceptors (Lipinski definition) is 8. The molecule has 1 aromatic rings. The first-order valence-corrected chi connectivity index (χ1v) is 10.0. The van der Waals surface area contributed by atoms with Crippen molar-refractivity contribution >= 4 is 22.8 Å². The second-order valence-corrected chi connectivity index (χ2v) is 7.67. The number of nitrogens with two attached hydrogens (primary N) is 1. The summed E-state index contributed by atoms with van der Waals surface area (Å²) < 4.78 is 15.9. The maximum absolute atomic E-state index is 12.2. The number of ether oxygens (including phenoxy) is 3. The monoisotopic (exact) mass is 416 g/mol. The third kappa shape index (κ3) is 4.18. The van der Waals surface area contributed by atoms with Crippen LogP contribution >= 0.6 is 11.8 Å². The van der Waals surface area contributed by atoms with Crippen LogP contribution < -0.4 is 15.2 Å². The highest BCUT2D eigenvalue weighted by atomic mass is 32.2. The van der Waals surface area contributed by atoms with E-state index in [0.29, 0.717) is 44.0 Å². The SMILES string of the molecule is CC=C(N)/N=C1/SC(C(=O)OCC)=C/C1=C(/C)C(C)(O)c1ccc2c(c1)OCO2. The zero-order valence-electron chi connectivity index (χ0n) is 16.8. The van der Waals surface area contributed by atoms with Crippen molar-refractivity contribution in [2.45, 2.75) is 33.3 Å². The molecule has 8 heteroatoms. The summed E-state index contributed by atoms with van der Waals surface area (Å²) in [5.74, 6) is 1.10. The Morgan fingerprint density at radius 3 is 2.83 bits per heavy atom. The topological polar surface area (TPSA) is 103 Å². The number of hydrogen-bond donors (Lipinski definition) is 2. The molecule has 29 heavy (non-hydrogen) atoms. The fourth-order valence-electron chi connectivity index (χ4n) is 2.90. The van der Waals surface area contributed by atoms with E-state index in [2.05, 4.69) is 4.99 Å². The van der Waals surface area contributed by atoms with Gasteiger partial charge in [-0.05, 0) is 63.1 Å². The molecule has 0 saturated heterocycles. The fraction of sp³-hybridized carbons (Fsp3) is 0.333. The first-order valence-electron chi connectivity index (χ1n) is 9.19. The summed E-state index contributed by atoms with van der Waals surface area (Å²) in [6, 6.07) is 5.30. The van der Waals surface area contributed by atoms with E-state index >= 15 is 0 Å². The Balaban J connectivity index is 2.07. The molecule has 0 aromatic heterocycles. The van der Waals surface area contributed by atoms with E-state index in [1.165, 1.54) is 11.8 Å². The quantitative estimate of drug-likeness (QED) is 0.710. The predicted octanol–water partition coefficient (Wildman–Crippen LogP) is 3.35. The third-order valence-corrected chi connectivity index (χ3v) is 5.79. The number of rotatable bonds is 5. The number of thioether (sulfide) groups is 1. The van der Waals surface area contributed by atoms with E-state index in [-0.39, 0.29) is 13.4 Å². The van der Waals surface area contributed by atoms with Gasteiger partial charge >= 0.3 is 5.97 Å². The van der Waals surface area contributed by atoms with Crippen molar-refractivity contribution in [3.63, 3.8) is 0 Å². The van der Waals surface area contributed by atoms with Gasteiger partial charge in [0, 0.05) is 5.57 Å². The van der Waals surface area contributed by atoms with Gasteiger partial charge in [-0.3, -0.25) is 0 Å². The molecule has 2 aliphatic heterocycles. The lowest BCUT2D eigenvalue weighted by Gasteiger charge is -2.27. The Hall–Kier alpha value is -2.71. The third-order valence-electron chi connectivity index (χ3n) is 4.78. The number of carbonyl (C=O) groups excluding carboxylic acids is 1. The molecule has 0 radical (unpaired) electrons. The fourth-order valence-corrected chi connectivity index (χ4v) is 3.90. The van der Waals surface area contributed by atoms with E-state index in [0.717, 1.165) is 0 Å². The van der Waals surface area contributed by atoms with Crippen molar-refractivity contribution in [3.8, 4) is 11.5 Å².